The number of ether oxygens (including phenoxy) is 1. The zero-order chi connectivity index (χ0) is 28.9. The molecule has 40 heavy (non-hydrogen) atoms. The molecule has 0 bridgehead atoms. The number of benzene rings is 3. The predicted molar refractivity (Wildman–Crippen MR) is 140 cm³/mol. The van der Waals surface area contributed by atoms with Crippen LogP contribution in [0.2, 0.25) is 0 Å². The topological polar surface area (TPSA) is 87.7 Å². The first-order chi connectivity index (χ1) is 19.0. The number of alkyl halides is 4. The summed E-state index contributed by atoms with van der Waals surface area (Å²) in [6, 6.07) is 21.7. The number of carbonyl (C=O) groups is 3. The third-order valence-electron chi connectivity index (χ3n) is 6.42. The van der Waals surface area contributed by atoms with Gasteiger partial charge in [0.05, 0.1) is 18.9 Å². The lowest BCUT2D eigenvalue weighted by Crippen LogP contribution is -2.55. The van der Waals surface area contributed by atoms with E-state index in [1.807, 2.05) is 30.3 Å². The summed E-state index contributed by atoms with van der Waals surface area (Å²) in [6.07, 6.45) is -4.80. The number of hydrogen-bond donors (Lipinski definition) is 2. The van der Waals surface area contributed by atoms with Gasteiger partial charge in [-0.05, 0) is 29.7 Å². The molecule has 1 aliphatic rings. The van der Waals surface area contributed by atoms with Crippen LogP contribution in [0.15, 0.2) is 78.9 Å². The van der Waals surface area contributed by atoms with Crippen LogP contribution >= 0.6 is 0 Å². The Kier molecular flexibility index (Phi) is 8.53. The fourth-order valence-electron chi connectivity index (χ4n) is 4.34. The maximum atomic E-state index is 15.2. The molecule has 0 fully saturated rings. The molecule has 4 rings (SSSR count). The van der Waals surface area contributed by atoms with Gasteiger partial charge < -0.3 is 20.3 Å². The van der Waals surface area contributed by atoms with Crippen LogP contribution in [0.5, 0.6) is 0 Å². The number of carbonyl (C=O) groups excluding carboxylic acids is 3. The first-order valence-electron chi connectivity index (χ1n) is 12.5. The molecular weight excluding hydrogens is 530 g/mol. The van der Waals surface area contributed by atoms with Gasteiger partial charge in [-0.25, -0.2) is 4.39 Å². The van der Waals surface area contributed by atoms with Crippen LogP contribution in [0, 0.1) is 0 Å². The van der Waals surface area contributed by atoms with Gasteiger partial charge in [-0.1, -0.05) is 72.8 Å². The van der Waals surface area contributed by atoms with Crippen molar-refractivity contribution in [2.45, 2.75) is 31.4 Å². The van der Waals surface area contributed by atoms with Gasteiger partial charge in [0.1, 0.15) is 12.6 Å². The first kappa shape index (κ1) is 28.8. The molecule has 0 spiro atoms. The number of fused-ring (bicyclic) bond motifs is 3. The zero-order valence-corrected chi connectivity index (χ0v) is 21.5. The van der Waals surface area contributed by atoms with Crippen molar-refractivity contribution >= 4 is 23.4 Å². The number of anilines is 1. The fraction of sp³-hybridized carbons (Fsp3) is 0.276. The minimum Gasteiger partial charge on any atom is -0.375 e. The number of halogens is 4. The second kappa shape index (κ2) is 11.9. The van der Waals surface area contributed by atoms with Crippen molar-refractivity contribution in [3.8, 4) is 11.1 Å². The number of nitrogens with zero attached hydrogens (tertiary/aromatic N) is 1. The summed E-state index contributed by atoms with van der Waals surface area (Å²) < 4.78 is 58.6. The van der Waals surface area contributed by atoms with Gasteiger partial charge in [0, 0.05) is 12.1 Å². The van der Waals surface area contributed by atoms with Crippen molar-refractivity contribution in [1.82, 2.24) is 10.6 Å². The Morgan fingerprint density at radius 3 is 2.20 bits per heavy atom. The summed E-state index contributed by atoms with van der Waals surface area (Å²) in [4.78, 5) is 40.4. The largest absolute Gasteiger partial charge is 0.405 e. The summed E-state index contributed by atoms with van der Waals surface area (Å²) in [5.41, 5.74) is -0.306. The van der Waals surface area contributed by atoms with Crippen molar-refractivity contribution in [2.75, 3.05) is 24.6 Å². The molecule has 210 valence electrons. The maximum absolute atomic E-state index is 15.2. The molecule has 1 unspecified atom stereocenters. The molecule has 7 nitrogen and oxygen atoms in total. The van der Waals surface area contributed by atoms with Crippen LogP contribution in [0.1, 0.15) is 24.1 Å². The van der Waals surface area contributed by atoms with E-state index < -0.39 is 42.2 Å². The highest BCUT2D eigenvalue weighted by molar-refractivity contribution is 6.11. The zero-order valence-electron chi connectivity index (χ0n) is 21.5. The summed E-state index contributed by atoms with van der Waals surface area (Å²) >= 11 is 0. The van der Waals surface area contributed by atoms with Gasteiger partial charge >= 0.3 is 6.18 Å². The highest BCUT2D eigenvalue weighted by Crippen LogP contribution is 2.40. The number of para-hydroxylation sites is 1. The Morgan fingerprint density at radius 1 is 0.875 bits per heavy atom. The van der Waals surface area contributed by atoms with Crippen molar-refractivity contribution in [2.24, 2.45) is 0 Å². The molecule has 0 radical (unpaired) electrons. The van der Waals surface area contributed by atoms with Crippen molar-refractivity contribution < 1.29 is 36.7 Å². The molecule has 0 aliphatic carbocycles. The minimum atomic E-state index is -4.80. The van der Waals surface area contributed by atoms with Gasteiger partial charge in [-0.2, -0.15) is 13.2 Å². The molecule has 11 heteroatoms. The lowest BCUT2D eigenvalue weighted by Gasteiger charge is -2.28. The number of hydrogen-bond acceptors (Lipinski definition) is 4. The fourth-order valence-corrected chi connectivity index (χ4v) is 4.34. The Balaban J connectivity index is 1.60. The molecule has 1 heterocycles. The summed E-state index contributed by atoms with van der Waals surface area (Å²) in [6.45, 7) is -0.742. The van der Waals surface area contributed by atoms with Crippen LogP contribution in [0.4, 0.5) is 23.2 Å². The second-order valence-electron chi connectivity index (χ2n) is 9.34. The average molecular weight is 558 g/mol. The monoisotopic (exact) mass is 557 g/mol. The van der Waals surface area contributed by atoms with Gasteiger partial charge in [0.25, 0.3) is 23.4 Å². The number of nitrogens with one attached hydrogen (secondary N) is 2. The van der Waals surface area contributed by atoms with E-state index in [-0.39, 0.29) is 13.2 Å². The average Bonchev–Trinajstić information content (AvgIpc) is 3.03. The van der Waals surface area contributed by atoms with Gasteiger partial charge in [-0.3, -0.25) is 14.4 Å². The number of amides is 3. The molecule has 0 saturated carbocycles. The van der Waals surface area contributed by atoms with E-state index in [1.165, 1.54) is 10.2 Å². The molecule has 0 saturated heterocycles. The Bertz CT molecular complexity index is 1380. The van der Waals surface area contributed by atoms with Crippen LogP contribution in [-0.2, 0) is 25.7 Å². The highest BCUT2D eigenvalue weighted by atomic mass is 19.4. The lowest BCUT2D eigenvalue weighted by atomic mass is 9.95. The SMILES string of the molecule is CC(F)(C(=O)NCC(F)(F)F)C(=O)N[C@@H]1C(=O)N(CCOCc2ccccc2)c2ccccc2-c2ccccc21. The minimum absolute atomic E-state index is 0.0853. The van der Waals surface area contributed by atoms with E-state index in [0.29, 0.717) is 35.9 Å². The molecule has 2 atom stereocenters. The Labute approximate surface area is 228 Å². The van der Waals surface area contributed by atoms with Crippen molar-refractivity contribution in [1.29, 1.82) is 0 Å². The van der Waals surface area contributed by atoms with Gasteiger partial charge in [0.2, 0.25) is 0 Å². The predicted octanol–water partition coefficient (Wildman–Crippen LogP) is 4.48. The third kappa shape index (κ3) is 6.48. The molecule has 3 aromatic rings. The lowest BCUT2D eigenvalue weighted by molar-refractivity contribution is -0.152. The molecule has 1 aliphatic heterocycles. The molecular formula is C29H27F4N3O4. The quantitative estimate of drug-likeness (QED) is 0.231. The van der Waals surface area contributed by atoms with E-state index in [2.05, 4.69) is 5.32 Å². The van der Waals surface area contributed by atoms with Crippen molar-refractivity contribution in [3.05, 3.63) is 90.0 Å². The first-order valence-corrected chi connectivity index (χ1v) is 12.5. The summed E-state index contributed by atoms with van der Waals surface area (Å²) in [5.74, 6) is -3.95. The van der Waals surface area contributed by atoms with Crippen LogP contribution in [-0.4, -0.2) is 49.3 Å². The van der Waals surface area contributed by atoms with E-state index in [1.54, 1.807) is 48.5 Å². The summed E-state index contributed by atoms with van der Waals surface area (Å²) in [7, 11) is 0. The maximum Gasteiger partial charge on any atom is 0.405 e. The normalized spacial score (nSPS) is 16.3. The van der Waals surface area contributed by atoms with Gasteiger partial charge in [0.15, 0.2) is 0 Å². The standard InChI is InChI=1S/C29H27F4N3O4/c1-28(30,26(38)34-18-29(31,32)33)27(39)35-24-22-13-6-5-11-20(22)21-12-7-8-14-23(21)36(25(24)37)15-16-40-17-19-9-3-2-4-10-19/h2-14,24H,15-18H2,1H3,(H,34,38)(H,35,39)/t24-,28?/m0/s1. The highest BCUT2D eigenvalue weighted by Gasteiger charge is 2.45. The second-order valence-corrected chi connectivity index (χ2v) is 9.34. The number of rotatable bonds is 9. The molecule has 2 N–H and O–H groups in total. The third-order valence-corrected chi connectivity index (χ3v) is 6.42. The summed E-state index contributed by atoms with van der Waals surface area (Å²) in [5, 5.41) is 3.66. The van der Waals surface area contributed by atoms with Crippen molar-refractivity contribution in [3.63, 3.8) is 0 Å². The van der Waals surface area contributed by atoms with Crippen LogP contribution in [0.3, 0.4) is 0 Å². The van der Waals surface area contributed by atoms with E-state index in [0.717, 1.165) is 5.56 Å². The Hall–Kier alpha value is -4.25. The molecule has 0 aromatic heterocycles. The van der Waals surface area contributed by atoms with Crippen LogP contribution in [0.25, 0.3) is 11.1 Å². The molecule has 3 aromatic carbocycles. The van der Waals surface area contributed by atoms with E-state index in [4.69, 9.17) is 4.74 Å². The van der Waals surface area contributed by atoms with Crippen LogP contribution < -0.4 is 15.5 Å². The smallest absolute Gasteiger partial charge is 0.375 e. The van der Waals surface area contributed by atoms with Gasteiger partial charge in [-0.15, -0.1) is 0 Å². The Morgan fingerprint density at radius 2 is 1.50 bits per heavy atom. The molecule has 3 amide bonds. The van der Waals surface area contributed by atoms with E-state index in [9.17, 15) is 27.6 Å². The van der Waals surface area contributed by atoms with E-state index >= 15 is 4.39 Å².